The van der Waals surface area contributed by atoms with Crippen LogP contribution >= 0.6 is 7.14 Å². The number of anilines is 1. The Kier molecular flexibility index (Phi) is 7.25. The van der Waals surface area contributed by atoms with Crippen molar-refractivity contribution in [3.8, 4) is 0 Å². The second-order valence-corrected chi connectivity index (χ2v) is 12.2. The molecule has 1 aliphatic rings. The number of aryl methyl sites for hydroxylation is 1. The van der Waals surface area contributed by atoms with Gasteiger partial charge in [0.15, 0.2) is 0 Å². The van der Waals surface area contributed by atoms with Crippen LogP contribution in [0.4, 0.5) is 27.8 Å². The number of pyridine rings is 1. The molecule has 1 amide bonds. The summed E-state index contributed by atoms with van der Waals surface area (Å²) in [4.78, 5) is 25.7. The van der Waals surface area contributed by atoms with Gasteiger partial charge < -0.3 is 14.8 Å². The maximum absolute atomic E-state index is 13.7. The van der Waals surface area contributed by atoms with E-state index in [4.69, 9.17) is 0 Å². The normalized spacial score (nSPS) is 16.7. The molecule has 0 bridgehead atoms. The van der Waals surface area contributed by atoms with Gasteiger partial charge in [-0.05, 0) is 44.0 Å². The van der Waals surface area contributed by atoms with E-state index in [9.17, 15) is 31.3 Å². The molecule has 1 atom stereocenters. The monoisotopic (exact) mass is 541 g/mol. The molecule has 0 aliphatic carbocycles. The molecule has 1 saturated heterocycles. The van der Waals surface area contributed by atoms with Crippen LogP contribution < -0.4 is 10.8 Å². The van der Waals surface area contributed by atoms with Crippen LogP contribution in [0.15, 0.2) is 30.5 Å². The third kappa shape index (κ3) is 5.44. The van der Waals surface area contributed by atoms with E-state index < -0.39 is 37.3 Å². The highest BCUT2D eigenvalue weighted by atomic mass is 31.2. The second-order valence-electron chi connectivity index (χ2n) is 9.03. The maximum Gasteiger partial charge on any atom is 0.416 e. The number of aromatic nitrogens is 3. The van der Waals surface area contributed by atoms with E-state index in [1.54, 1.807) is 26.0 Å². The van der Waals surface area contributed by atoms with Gasteiger partial charge in [-0.15, -0.1) is 0 Å². The first-order valence-electron chi connectivity index (χ1n) is 11.5. The van der Waals surface area contributed by atoms with Crippen molar-refractivity contribution in [3.05, 3.63) is 53.0 Å². The van der Waals surface area contributed by atoms with Crippen LogP contribution in [0.1, 0.15) is 35.5 Å². The summed E-state index contributed by atoms with van der Waals surface area (Å²) in [7, 11) is -3.09. The van der Waals surface area contributed by atoms with E-state index in [1.165, 1.54) is 19.2 Å². The Hall–Kier alpha value is -3.14. The Morgan fingerprint density at radius 1 is 1.14 bits per heavy atom. The zero-order valence-electron chi connectivity index (χ0n) is 20.3. The van der Waals surface area contributed by atoms with Gasteiger partial charge in [0.05, 0.1) is 23.3 Å². The standard InChI is InChI=1S/C24H25F5N5O2P/c1-13-16(5-4-6-18(13)24(27,28)29)14(2)31-22-17-11-20(30-12-19(17)32-15(3)33-22)37(36)9-7-34(8-10-37)23(35)21(25)26/h4-6,11-12,14,21H,7-10H2,1-3H3,(H,31,32,33)/t14-/m1/s1. The fourth-order valence-electron chi connectivity index (χ4n) is 4.56. The van der Waals surface area contributed by atoms with Gasteiger partial charge in [-0.3, -0.25) is 9.78 Å². The summed E-state index contributed by atoms with van der Waals surface area (Å²) in [6.07, 6.45) is -6.13. The first-order chi connectivity index (χ1) is 17.3. The average Bonchev–Trinajstić information content (AvgIpc) is 2.83. The number of alkyl halides is 5. The highest BCUT2D eigenvalue weighted by Crippen LogP contribution is 2.46. The number of nitrogens with zero attached hydrogens (tertiary/aromatic N) is 4. The highest BCUT2D eigenvalue weighted by Gasteiger charge is 2.36. The minimum Gasteiger partial charge on any atom is -0.363 e. The van der Waals surface area contributed by atoms with Gasteiger partial charge in [-0.2, -0.15) is 22.0 Å². The summed E-state index contributed by atoms with van der Waals surface area (Å²) in [5.41, 5.74) is 0.537. The Bertz CT molecular complexity index is 1390. The lowest BCUT2D eigenvalue weighted by Gasteiger charge is -2.31. The van der Waals surface area contributed by atoms with Gasteiger partial charge in [0, 0.05) is 30.8 Å². The molecule has 0 saturated carbocycles. The number of benzene rings is 1. The maximum atomic E-state index is 13.7. The lowest BCUT2D eigenvalue weighted by atomic mass is 9.97. The molecular weight excluding hydrogens is 516 g/mol. The van der Waals surface area contributed by atoms with E-state index >= 15 is 0 Å². The zero-order chi connectivity index (χ0) is 27.1. The zero-order valence-corrected chi connectivity index (χ0v) is 21.2. The van der Waals surface area contributed by atoms with Crippen LogP contribution in [0.5, 0.6) is 0 Å². The Balaban J connectivity index is 1.66. The number of hydrogen-bond donors (Lipinski definition) is 1. The minimum absolute atomic E-state index is 0.0132. The third-order valence-electron chi connectivity index (χ3n) is 6.56. The number of carbonyl (C=O) groups excluding carboxylic acids is 1. The summed E-state index contributed by atoms with van der Waals surface area (Å²) in [6.45, 7) is 4.66. The van der Waals surface area contributed by atoms with Crippen molar-refractivity contribution >= 4 is 35.2 Å². The number of hydrogen-bond acceptors (Lipinski definition) is 6. The van der Waals surface area contributed by atoms with Crippen molar-refractivity contribution in [1.82, 2.24) is 19.9 Å². The highest BCUT2D eigenvalue weighted by molar-refractivity contribution is 7.71. The second kappa shape index (κ2) is 9.96. The van der Waals surface area contributed by atoms with Gasteiger partial charge in [0.25, 0.3) is 5.91 Å². The van der Waals surface area contributed by atoms with Crippen molar-refractivity contribution in [2.75, 3.05) is 30.7 Å². The summed E-state index contributed by atoms with van der Waals surface area (Å²) >= 11 is 0. The van der Waals surface area contributed by atoms with Crippen molar-refractivity contribution in [2.24, 2.45) is 0 Å². The van der Waals surface area contributed by atoms with Crippen LogP contribution in [0, 0.1) is 13.8 Å². The minimum atomic E-state index is -4.49. The molecule has 13 heteroatoms. The summed E-state index contributed by atoms with van der Waals surface area (Å²) < 4.78 is 79.4. The smallest absolute Gasteiger partial charge is 0.363 e. The van der Waals surface area contributed by atoms with E-state index in [2.05, 4.69) is 20.3 Å². The molecule has 4 rings (SSSR count). The quantitative estimate of drug-likeness (QED) is 0.364. The Labute approximate surface area is 209 Å². The van der Waals surface area contributed by atoms with Crippen molar-refractivity contribution in [1.29, 1.82) is 0 Å². The summed E-state index contributed by atoms with van der Waals surface area (Å²) in [6, 6.07) is 5.01. The fraction of sp³-hybridized carbons (Fsp3) is 0.417. The van der Waals surface area contributed by atoms with Crippen molar-refractivity contribution < 1.29 is 31.3 Å². The lowest BCUT2D eigenvalue weighted by molar-refractivity contribution is -0.142. The van der Waals surface area contributed by atoms with E-state index in [1.807, 2.05) is 0 Å². The van der Waals surface area contributed by atoms with E-state index in [0.717, 1.165) is 11.0 Å². The largest absolute Gasteiger partial charge is 0.416 e. The molecular formula is C24H25F5N5O2P. The van der Waals surface area contributed by atoms with Gasteiger partial charge in [-0.1, -0.05) is 12.1 Å². The van der Waals surface area contributed by atoms with Crippen LogP contribution in [0.3, 0.4) is 0 Å². The van der Waals surface area contributed by atoms with E-state index in [0.29, 0.717) is 28.1 Å². The molecule has 7 nitrogen and oxygen atoms in total. The summed E-state index contributed by atoms with van der Waals surface area (Å²) in [5.74, 6) is -0.538. The van der Waals surface area contributed by atoms with Crippen molar-refractivity contribution in [2.45, 2.75) is 39.4 Å². The molecule has 198 valence electrons. The van der Waals surface area contributed by atoms with E-state index in [-0.39, 0.29) is 36.4 Å². The van der Waals surface area contributed by atoms with Crippen LogP contribution in [0.2, 0.25) is 0 Å². The Morgan fingerprint density at radius 2 is 1.81 bits per heavy atom. The first-order valence-corrected chi connectivity index (χ1v) is 13.6. The number of rotatable bonds is 5. The molecule has 0 spiro atoms. The molecule has 0 unspecified atom stereocenters. The number of amides is 1. The first kappa shape index (κ1) is 26.9. The molecule has 2 aromatic heterocycles. The molecule has 1 aliphatic heterocycles. The molecule has 1 aromatic carbocycles. The molecule has 3 heterocycles. The predicted molar refractivity (Wildman–Crippen MR) is 130 cm³/mol. The molecule has 1 fully saturated rings. The SMILES string of the molecule is Cc1nc(N[C@H](C)c2cccc(C(F)(F)F)c2C)c2cc(P3(=O)CCN(C(=O)C(F)F)CC3)ncc2n1. The topological polar surface area (TPSA) is 88.1 Å². The Morgan fingerprint density at radius 3 is 2.43 bits per heavy atom. The van der Waals surface area contributed by atoms with Gasteiger partial charge in [0.1, 0.15) is 24.2 Å². The molecule has 3 aromatic rings. The molecule has 0 radical (unpaired) electrons. The van der Waals surface area contributed by atoms with Crippen LogP contribution in [-0.4, -0.2) is 57.6 Å². The fourth-order valence-corrected chi connectivity index (χ4v) is 7.00. The van der Waals surface area contributed by atoms with Gasteiger partial charge >= 0.3 is 12.6 Å². The van der Waals surface area contributed by atoms with Gasteiger partial charge in [0.2, 0.25) is 0 Å². The predicted octanol–water partition coefficient (Wildman–Crippen LogP) is 4.93. The average molecular weight is 541 g/mol. The number of halogens is 5. The lowest BCUT2D eigenvalue weighted by Crippen LogP contribution is -2.44. The third-order valence-corrected chi connectivity index (χ3v) is 9.48. The number of carbonyl (C=O) groups is 1. The van der Waals surface area contributed by atoms with Crippen LogP contribution in [0.25, 0.3) is 10.9 Å². The van der Waals surface area contributed by atoms with Crippen LogP contribution in [-0.2, 0) is 15.5 Å². The molecule has 1 N–H and O–H groups in total. The number of nitrogens with one attached hydrogen (secondary N) is 1. The van der Waals surface area contributed by atoms with Crippen molar-refractivity contribution in [3.63, 3.8) is 0 Å². The molecule has 37 heavy (non-hydrogen) atoms. The van der Waals surface area contributed by atoms with Gasteiger partial charge in [-0.25, -0.2) is 9.97 Å². The summed E-state index contributed by atoms with van der Waals surface area (Å²) in [5, 5.41) is 3.65. The number of fused-ring (bicyclic) bond motifs is 1.